The van der Waals surface area contributed by atoms with Gasteiger partial charge in [0.25, 0.3) is 0 Å². The van der Waals surface area contributed by atoms with E-state index in [-0.39, 0.29) is 11.7 Å². The Morgan fingerprint density at radius 1 is 1.14 bits per heavy atom. The molecule has 3 aromatic rings. The van der Waals surface area contributed by atoms with E-state index in [0.717, 1.165) is 34.4 Å². The van der Waals surface area contributed by atoms with Crippen LogP contribution in [0.1, 0.15) is 34.0 Å². The molecule has 1 aromatic heterocycles. The molecule has 0 saturated heterocycles. The number of aromatic nitrogens is 1. The highest BCUT2D eigenvalue weighted by atomic mass is 16.1. The predicted octanol–water partition coefficient (Wildman–Crippen LogP) is 4.20. The van der Waals surface area contributed by atoms with Crippen molar-refractivity contribution in [3.05, 3.63) is 77.0 Å². The first-order chi connectivity index (χ1) is 13.5. The lowest BCUT2D eigenvalue weighted by atomic mass is 10.00. The van der Waals surface area contributed by atoms with Crippen molar-refractivity contribution < 1.29 is 9.59 Å². The molecule has 1 amide bonds. The maximum absolute atomic E-state index is 12.4. The smallest absolute Gasteiger partial charge is 0.228 e. The van der Waals surface area contributed by atoms with E-state index in [2.05, 4.69) is 29.4 Å². The summed E-state index contributed by atoms with van der Waals surface area (Å²) in [6.07, 6.45) is 3.62. The molecule has 3 rings (SSSR count). The van der Waals surface area contributed by atoms with Gasteiger partial charge in [-0.3, -0.25) is 9.59 Å². The largest absolute Gasteiger partial charge is 0.383 e. The third-order valence-electron chi connectivity index (χ3n) is 4.66. The molecule has 2 aromatic carbocycles. The summed E-state index contributed by atoms with van der Waals surface area (Å²) in [6, 6.07) is 15.5. The first kappa shape index (κ1) is 19.3. The van der Waals surface area contributed by atoms with Gasteiger partial charge in [0.2, 0.25) is 5.91 Å². The van der Waals surface area contributed by atoms with Gasteiger partial charge in [-0.15, -0.1) is 0 Å². The molecule has 0 spiro atoms. The van der Waals surface area contributed by atoms with Gasteiger partial charge in [-0.1, -0.05) is 37.3 Å². The maximum Gasteiger partial charge on any atom is 0.228 e. The lowest BCUT2D eigenvalue weighted by Crippen LogP contribution is -2.14. The number of aryl methyl sites for hydroxylation is 2. The number of nitrogens with zero attached hydrogens (tertiary/aromatic N) is 1. The summed E-state index contributed by atoms with van der Waals surface area (Å²) in [6.45, 7) is 4.05. The number of hydrogen-bond acceptors (Lipinski definition) is 4. The van der Waals surface area contributed by atoms with Crippen LogP contribution in [0.2, 0.25) is 0 Å². The average Bonchev–Trinajstić information content (AvgIpc) is 2.69. The van der Waals surface area contributed by atoms with Gasteiger partial charge in [0.15, 0.2) is 6.29 Å². The number of nitrogens with one attached hydrogen (secondary N) is 1. The standard InChI is InChI=1S/C23H23N3O2/c1-3-16-5-4-6-17(10-16)11-22(28)26-20-7-8-21(15(2)9-20)18-12-19(14-27)23(24)25-13-18/h4-10,12-14H,3,11H2,1-2H3,(H2,24,25)(H,26,28). The highest BCUT2D eigenvalue weighted by Gasteiger charge is 2.09. The molecule has 5 heteroatoms. The van der Waals surface area contributed by atoms with Gasteiger partial charge in [0.05, 0.1) is 12.0 Å². The van der Waals surface area contributed by atoms with E-state index in [0.29, 0.717) is 18.3 Å². The monoisotopic (exact) mass is 373 g/mol. The summed E-state index contributed by atoms with van der Waals surface area (Å²) in [5, 5.41) is 2.95. The molecule has 28 heavy (non-hydrogen) atoms. The van der Waals surface area contributed by atoms with E-state index in [1.807, 2.05) is 37.3 Å². The minimum atomic E-state index is -0.0576. The van der Waals surface area contributed by atoms with Crippen molar-refractivity contribution in [3.63, 3.8) is 0 Å². The molecule has 0 aliphatic rings. The van der Waals surface area contributed by atoms with Gasteiger partial charge in [-0.05, 0) is 53.8 Å². The molecule has 0 bridgehead atoms. The summed E-state index contributed by atoms with van der Waals surface area (Å²) in [5.74, 6) is 0.158. The number of aldehydes is 1. The third kappa shape index (κ3) is 4.43. The number of pyridine rings is 1. The topological polar surface area (TPSA) is 85.1 Å². The van der Waals surface area contributed by atoms with Crippen molar-refractivity contribution in [1.29, 1.82) is 0 Å². The van der Waals surface area contributed by atoms with Gasteiger partial charge in [-0.2, -0.15) is 0 Å². The van der Waals surface area contributed by atoms with Crippen LogP contribution in [0.15, 0.2) is 54.7 Å². The molecule has 0 aliphatic carbocycles. The van der Waals surface area contributed by atoms with Gasteiger partial charge in [0, 0.05) is 17.4 Å². The SMILES string of the molecule is CCc1cccc(CC(=O)Nc2ccc(-c3cnc(N)c(C=O)c3)c(C)c2)c1. The Balaban J connectivity index is 1.75. The van der Waals surface area contributed by atoms with Crippen molar-refractivity contribution >= 4 is 23.7 Å². The third-order valence-corrected chi connectivity index (χ3v) is 4.66. The Morgan fingerprint density at radius 2 is 1.93 bits per heavy atom. The molecule has 0 aliphatic heterocycles. The fraction of sp³-hybridized carbons (Fsp3) is 0.174. The van der Waals surface area contributed by atoms with Crippen molar-refractivity contribution in [2.45, 2.75) is 26.7 Å². The van der Waals surface area contributed by atoms with Crippen molar-refractivity contribution in [2.75, 3.05) is 11.1 Å². The first-order valence-corrected chi connectivity index (χ1v) is 9.19. The zero-order valence-corrected chi connectivity index (χ0v) is 16.0. The van der Waals surface area contributed by atoms with E-state index in [4.69, 9.17) is 5.73 Å². The van der Waals surface area contributed by atoms with Crippen molar-refractivity contribution in [3.8, 4) is 11.1 Å². The molecule has 0 fully saturated rings. The van der Waals surface area contributed by atoms with Gasteiger partial charge in [0.1, 0.15) is 5.82 Å². The van der Waals surface area contributed by atoms with Crippen LogP contribution in [0.5, 0.6) is 0 Å². The average molecular weight is 373 g/mol. The highest BCUT2D eigenvalue weighted by molar-refractivity contribution is 5.93. The second-order valence-corrected chi connectivity index (χ2v) is 6.74. The zero-order chi connectivity index (χ0) is 20.1. The summed E-state index contributed by atoms with van der Waals surface area (Å²) < 4.78 is 0. The Bertz CT molecular complexity index is 1030. The quantitative estimate of drug-likeness (QED) is 0.634. The number of nitrogen functional groups attached to an aromatic ring is 1. The molecule has 3 N–H and O–H groups in total. The first-order valence-electron chi connectivity index (χ1n) is 9.19. The van der Waals surface area contributed by atoms with Crippen LogP contribution in [0, 0.1) is 6.92 Å². The van der Waals surface area contributed by atoms with E-state index >= 15 is 0 Å². The van der Waals surface area contributed by atoms with E-state index < -0.39 is 0 Å². The minimum absolute atomic E-state index is 0.0576. The van der Waals surface area contributed by atoms with Crippen LogP contribution in [0.3, 0.4) is 0 Å². The van der Waals surface area contributed by atoms with Gasteiger partial charge < -0.3 is 11.1 Å². The fourth-order valence-corrected chi connectivity index (χ4v) is 3.15. The lowest BCUT2D eigenvalue weighted by molar-refractivity contribution is -0.115. The summed E-state index contributed by atoms with van der Waals surface area (Å²) in [5.41, 5.74) is 11.7. The number of carbonyl (C=O) groups excluding carboxylic acids is 2. The number of nitrogens with two attached hydrogens (primary N) is 1. The van der Waals surface area contributed by atoms with E-state index in [1.54, 1.807) is 12.3 Å². The van der Waals surface area contributed by atoms with Crippen LogP contribution in [0.4, 0.5) is 11.5 Å². The zero-order valence-electron chi connectivity index (χ0n) is 16.0. The normalized spacial score (nSPS) is 10.5. The van der Waals surface area contributed by atoms with Gasteiger partial charge in [-0.25, -0.2) is 4.98 Å². The second kappa shape index (κ2) is 8.48. The molecule has 0 radical (unpaired) electrons. The Labute approximate surface area is 164 Å². The molecule has 142 valence electrons. The number of amides is 1. The van der Waals surface area contributed by atoms with E-state index in [9.17, 15) is 9.59 Å². The number of carbonyl (C=O) groups is 2. The summed E-state index contributed by atoms with van der Waals surface area (Å²) >= 11 is 0. The molecule has 0 atom stereocenters. The van der Waals surface area contributed by atoms with Crippen molar-refractivity contribution in [2.24, 2.45) is 0 Å². The molecule has 1 heterocycles. The van der Waals surface area contributed by atoms with Crippen LogP contribution in [-0.2, 0) is 17.6 Å². The number of rotatable bonds is 6. The fourth-order valence-electron chi connectivity index (χ4n) is 3.15. The van der Waals surface area contributed by atoms with Crippen LogP contribution >= 0.6 is 0 Å². The summed E-state index contributed by atoms with van der Waals surface area (Å²) in [7, 11) is 0. The Kier molecular flexibility index (Phi) is 5.84. The van der Waals surface area contributed by atoms with Crippen LogP contribution in [-0.4, -0.2) is 17.2 Å². The Hall–Kier alpha value is -3.47. The van der Waals surface area contributed by atoms with Crippen molar-refractivity contribution in [1.82, 2.24) is 4.98 Å². The number of benzene rings is 2. The Morgan fingerprint density at radius 3 is 2.64 bits per heavy atom. The summed E-state index contributed by atoms with van der Waals surface area (Å²) in [4.78, 5) is 27.6. The maximum atomic E-state index is 12.4. The van der Waals surface area contributed by atoms with Crippen LogP contribution < -0.4 is 11.1 Å². The van der Waals surface area contributed by atoms with Gasteiger partial charge >= 0.3 is 0 Å². The lowest BCUT2D eigenvalue weighted by Gasteiger charge is -2.11. The predicted molar refractivity (Wildman–Crippen MR) is 112 cm³/mol. The second-order valence-electron chi connectivity index (χ2n) is 6.74. The molecular formula is C23H23N3O2. The minimum Gasteiger partial charge on any atom is -0.383 e. The number of hydrogen-bond donors (Lipinski definition) is 2. The molecular weight excluding hydrogens is 350 g/mol. The molecule has 0 saturated carbocycles. The molecule has 5 nitrogen and oxygen atoms in total. The highest BCUT2D eigenvalue weighted by Crippen LogP contribution is 2.27. The molecule has 0 unspecified atom stereocenters. The number of anilines is 2. The van der Waals surface area contributed by atoms with E-state index in [1.165, 1.54) is 5.56 Å². The van der Waals surface area contributed by atoms with Crippen LogP contribution in [0.25, 0.3) is 11.1 Å².